The number of nitrogens with one attached hydrogen (secondary N) is 2. The lowest BCUT2D eigenvalue weighted by atomic mass is 10.2. The van der Waals surface area contributed by atoms with Crippen LogP contribution in [-0.4, -0.2) is 22.6 Å². The van der Waals surface area contributed by atoms with E-state index in [4.69, 9.17) is 0 Å². The molecule has 0 saturated heterocycles. The lowest BCUT2D eigenvalue weighted by Gasteiger charge is -1.99. The highest BCUT2D eigenvalue weighted by atomic mass is 32.1. The SMILES string of the molecule is CNC(S)N=Nc1c(O)[nH]c2ccccc12. The van der Waals surface area contributed by atoms with Crippen molar-refractivity contribution in [3.63, 3.8) is 0 Å². The Morgan fingerprint density at radius 1 is 1.44 bits per heavy atom. The zero-order valence-corrected chi connectivity index (χ0v) is 9.57. The second kappa shape index (κ2) is 4.54. The third-order valence-corrected chi connectivity index (χ3v) is 2.55. The Morgan fingerprint density at radius 3 is 2.94 bits per heavy atom. The Labute approximate surface area is 98.0 Å². The van der Waals surface area contributed by atoms with Gasteiger partial charge in [-0.05, 0) is 13.1 Å². The number of aromatic nitrogens is 1. The average molecular weight is 236 g/mol. The molecule has 0 saturated carbocycles. The molecule has 1 unspecified atom stereocenters. The van der Waals surface area contributed by atoms with Crippen LogP contribution in [0.15, 0.2) is 34.5 Å². The molecule has 0 aliphatic carbocycles. The maximum absolute atomic E-state index is 9.67. The summed E-state index contributed by atoms with van der Waals surface area (Å²) >= 11 is 4.11. The van der Waals surface area contributed by atoms with Gasteiger partial charge in [0.15, 0.2) is 11.2 Å². The molecule has 84 valence electrons. The Bertz CT molecular complexity index is 523. The summed E-state index contributed by atoms with van der Waals surface area (Å²) in [6.45, 7) is 0. The highest BCUT2D eigenvalue weighted by molar-refractivity contribution is 7.80. The fourth-order valence-corrected chi connectivity index (χ4v) is 1.44. The molecule has 2 rings (SSSR count). The number of rotatable bonds is 3. The summed E-state index contributed by atoms with van der Waals surface area (Å²) in [6.07, 6.45) is 0. The van der Waals surface area contributed by atoms with Crippen LogP contribution in [0.25, 0.3) is 10.9 Å². The van der Waals surface area contributed by atoms with Gasteiger partial charge in [-0.25, -0.2) is 0 Å². The number of fused-ring (bicyclic) bond motifs is 1. The molecule has 6 heteroatoms. The summed E-state index contributed by atoms with van der Waals surface area (Å²) in [5, 5.41) is 21.2. The molecule has 16 heavy (non-hydrogen) atoms. The molecule has 1 atom stereocenters. The monoisotopic (exact) mass is 236 g/mol. The molecular weight excluding hydrogens is 224 g/mol. The zero-order valence-electron chi connectivity index (χ0n) is 8.68. The first kappa shape index (κ1) is 11.0. The molecule has 2 aromatic rings. The predicted molar refractivity (Wildman–Crippen MR) is 66.3 cm³/mol. The Kier molecular flexibility index (Phi) is 3.12. The lowest BCUT2D eigenvalue weighted by molar-refractivity contribution is 0.459. The smallest absolute Gasteiger partial charge is 0.218 e. The van der Waals surface area contributed by atoms with Crippen LogP contribution >= 0.6 is 12.6 Å². The summed E-state index contributed by atoms with van der Waals surface area (Å²) in [4.78, 5) is 2.83. The van der Waals surface area contributed by atoms with Gasteiger partial charge < -0.3 is 10.1 Å². The number of hydrogen-bond acceptors (Lipinski definition) is 5. The fraction of sp³-hybridized carbons (Fsp3) is 0.200. The second-order valence-electron chi connectivity index (χ2n) is 3.25. The maximum atomic E-state index is 9.67. The van der Waals surface area contributed by atoms with Crippen molar-refractivity contribution in [2.45, 2.75) is 5.50 Å². The topological polar surface area (TPSA) is 72.8 Å². The van der Waals surface area contributed by atoms with Crippen LogP contribution in [-0.2, 0) is 0 Å². The van der Waals surface area contributed by atoms with Crippen molar-refractivity contribution in [1.82, 2.24) is 10.3 Å². The molecule has 0 radical (unpaired) electrons. The van der Waals surface area contributed by atoms with E-state index < -0.39 is 0 Å². The fourth-order valence-electron chi connectivity index (χ4n) is 1.38. The van der Waals surface area contributed by atoms with Gasteiger partial charge >= 0.3 is 0 Å². The van der Waals surface area contributed by atoms with Gasteiger partial charge in [0.25, 0.3) is 0 Å². The van der Waals surface area contributed by atoms with E-state index in [0.29, 0.717) is 5.69 Å². The van der Waals surface area contributed by atoms with Crippen LogP contribution in [0.1, 0.15) is 0 Å². The van der Waals surface area contributed by atoms with Crippen LogP contribution in [0.5, 0.6) is 5.88 Å². The molecule has 1 heterocycles. The minimum Gasteiger partial charge on any atom is -0.493 e. The summed E-state index contributed by atoms with van der Waals surface area (Å²) < 4.78 is 0. The van der Waals surface area contributed by atoms with Crippen molar-refractivity contribution in [2.24, 2.45) is 10.2 Å². The van der Waals surface area contributed by atoms with E-state index in [0.717, 1.165) is 10.9 Å². The Hall–Kier alpha value is -1.53. The van der Waals surface area contributed by atoms with E-state index in [1.807, 2.05) is 24.3 Å². The van der Waals surface area contributed by atoms with Crippen LogP contribution < -0.4 is 5.32 Å². The number of thiol groups is 1. The number of para-hydroxylation sites is 1. The summed E-state index contributed by atoms with van der Waals surface area (Å²) in [6, 6.07) is 7.50. The number of nitrogens with zero attached hydrogens (tertiary/aromatic N) is 2. The first-order chi connectivity index (χ1) is 7.72. The third-order valence-electron chi connectivity index (χ3n) is 2.18. The summed E-state index contributed by atoms with van der Waals surface area (Å²) in [5.74, 6) is 0.0154. The standard InChI is InChI=1S/C10H12N4OS/c1-11-10(16)14-13-8-6-4-2-3-5-7(6)12-9(8)15/h2-5,10-12,15-16H,1H3. The molecule has 0 amide bonds. The molecule has 1 aromatic carbocycles. The van der Waals surface area contributed by atoms with Crippen molar-refractivity contribution in [2.75, 3.05) is 7.05 Å². The van der Waals surface area contributed by atoms with Crippen molar-refractivity contribution < 1.29 is 5.11 Å². The van der Waals surface area contributed by atoms with Gasteiger partial charge in [-0.1, -0.05) is 18.2 Å². The van der Waals surface area contributed by atoms with Crippen LogP contribution in [0, 0.1) is 0 Å². The molecule has 1 aromatic heterocycles. The lowest BCUT2D eigenvalue weighted by Crippen LogP contribution is -2.14. The molecule has 0 bridgehead atoms. The van der Waals surface area contributed by atoms with Crippen molar-refractivity contribution in [1.29, 1.82) is 0 Å². The van der Waals surface area contributed by atoms with Gasteiger partial charge in [0.1, 0.15) is 0 Å². The quantitative estimate of drug-likeness (QED) is 0.375. The Balaban J connectivity index is 2.43. The number of aromatic amines is 1. The molecular formula is C10H12N4OS. The first-order valence-electron chi connectivity index (χ1n) is 4.78. The molecule has 0 fully saturated rings. The van der Waals surface area contributed by atoms with E-state index >= 15 is 0 Å². The van der Waals surface area contributed by atoms with Gasteiger partial charge in [-0.15, -0.1) is 17.7 Å². The van der Waals surface area contributed by atoms with Crippen LogP contribution in [0.4, 0.5) is 5.69 Å². The van der Waals surface area contributed by atoms with Crippen molar-refractivity contribution >= 4 is 29.2 Å². The van der Waals surface area contributed by atoms with Crippen molar-refractivity contribution in [3.8, 4) is 5.88 Å². The minimum absolute atomic E-state index is 0.0154. The van der Waals surface area contributed by atoms with E-state index in [2.05, 4.69) is 33.2 Å². The van der Waals surface area contributed by atoms with Gasteiger partial charge in [-0.2, -0.15) is 5.11 Å². The van der Waals surface area contributed by atoms with E-state index in [-0.39, 0.29) is 11.4 Å². The first-order valence-corrected chi connectivity index (χ1v) is 5.30. The predicted octanol–water partition coefficient (Wildman–Crippen LogP) is 2.39. The molecule has 5 nitrogen and oxygen atoms in total. The van der Waals surface area contributed by atoms with Gasteiger partial charge in [0.2, 0.25) is 5.88 Å². The minimum atomic E-state index is -0.381. The maximum Gasteiger partial charge on any atom is 0.218 e. The number of H-pyrrole nitrogens is 1. The second-order valence-corrected chi connectivity index (χ2v) is 3.73. The van der Waals surface area contributed by atoms with Crippen LogP contribution in [0.2, 0.25) is 0 Å². The molecule has 0 spiro atoms. The number of hydrogen-bond donors (Lipinski definition) is 4. The van der Waals surface area contributed by atoms with Crippen molar-refractivity contribution in [3.05, 3.63) is 24.3 Å². The normalized spacial score (nSPS) is 13.6. The largest absolute Gasteiger partial charge is 0.493 e. The number of azo groups is 1. The summed E-state index contributed by atoms with van der Waals surface area (Å²) in [7, 11) is 1.73. The summed E-state index contributed by atoms with van der Waals surface area (Å²) in [5.41, 5.74) is 0.882. The van der Waals surface area contributed by atoms with E-state index in [1.165, 1.54) is 0 Å². The van der Waals surface area contributed by atoms with Crippen LogP contribution in [0.3, 0.4) is 0 Å². The number of aromatic hydroxyl groups is 1. The van der Waals surface area contributed by atoms with Gasteiger partial charge in [0, 0.05) is 5.39 Å². The molecule has 3 N–H and O–H groups in total. The highest BCUT2D eigenvalue weighted by Crippen LogP contribution is 2.35. The number of benzene rings is 1. The third kappa shape index (κ3) is 2.02. The molecule has 0 aliphatic heterocycles. The zero-order chi connectivity index (χ0) is 11.5. The van der Waals surface area contributed by atoms with Gasteiger partial charge in [0.05, 0.1) is 5.52 Å². The van der Waals surface area contributed by atoms with Gasteiger partial charge in [-0.3, -0.25) is 5.32 Å². The van der Waals surface area contributed by atoms with E-state index in [9.17, 15) is 5.11 Å². The van der Waals surface area contributed by atoms with E-state index in [1.54, 1.807) is 7.05 Å². The average Bonchev–Trinajstić information content (AvgIpc) is 2.62. The highest BCUT2D eigenvalue weighted by Gasteiger charge is 2.09. The Morgan fingerprint density at radius 2 is 2.19 bits per heavy atom. The molecule has 0 aliphatic rings.